The predicted molar refractivity (Wildman–Crippen MR) is 128 cm³/mol. The highest BCUT2D eigenvalue weighted by Gasteiger charge is 2.77. The van der Waals surface area contributed by atoms with E-state index >= 15 is 0 Å². The zero-order valence-corrected chi connectivity index (χ0v) is 21.3. The van der Waals surface area contributed by atoms with Crippen LogP contribution < -0.4 is 0 Å². The topological polar surface area (TPSA) is 124 Å². The lowest BCUT2D eigenvalue weighted by Gasteiger charge is -2.63. The molecular formula is C28H38O7. The minimum atomic E-state index is -1.84. The van der Waals surface area contributed by atoms with Crippen LogP contribution in [0.15, 0.2) is 34.9 Å². The molecule has 0 aromatic heterocycles. The number of carbonyl (C=O) groups is 2. The van der Waals surface area contributed by atoms with Gasteiger partial charge in [0.15, 0.2) is 5.78 Å². The summed E-state index contributed by atoms with van der Waals surface area (Å²) in [4.78, 5) is 25.6. The fourth-order valence-electron chi connectivity index (χ4n) is 8.43. The van der Waals surface area contributed by atoms with Crippen LogP contribution in [0.1, 0.15) is 73.1 Å². The van der Waals surface area contributed by atoms with Gasteiger partial charge in [0.2, 0.25) is 0 Å². The summed E-state index contributed by atoms with van der Waals surface area (Å²) in [6, 6.07) is 0. The van der Waals surface area contributed by atoms with Gasteiger partial charge in [-0.3, -0.25) is 4.79 Å². The van der Waals surface area contributed by atoms with E-state index in [1.807, 2.05) is 19.9 Å². The van der Waals surface area contributed by atoms with Crippen LogP contribution in [0.4, 0.5) is 0 Å². The molecule has 1 aliphatic heterocycles. The van der Waals surface area contributed by atoms with Gasteiger partial charge in [-0.05, 0) is 71.8 Å². The van der Waals surface area contributed by atoms with Gasteiger partial charge in [0.25, 0.3) is 0 Å². The van der Waals surface area contributed by atoms with E-state index in [0.29, 0.717) is 31.3 Å². The molecule has 4 aliphatic carbocycles. The Hall–Kier alpha value is -1.80. The Morgan fingerprint density at radius 3 is 2.46 bits per heavy atom. The van der Waals surface area contributed by atoms with E-state index in [0.717, 1.165) is 11.1 Å². The van der Waals surface area contributed by atoms with Crippen LogP contribution in [0, 0.1) is 22.7 Å². The van der Waals surface area contributed by atoms with E-state index in [-0.39, 0.29) is 24.5 Å². The highest BCUT2D eigenvalue weighted by atomic mass is 16.6. The molecule has 4 N–H and O–H groups in total. The van der Waals surface area contributed by atoms with E-state index < -0.39 is 51.7 Å². The number of allylic oxidation sites excluding steroid dienone is 3. The summed E-state index contributed by atoms with van der Waals surface area (Å²) in [6.07, 6.45) is 5.21. The molecule has 0 unspecified atom stereocenters. The number of ketones is 1. The number of hydrogen-bond donors (Lipinski definition) is 4. The minimum Gasteiger partial charge on any atom is -0.455 e. The zero-order chi connectivity index (χ0) is 25.8. The monoisotopic (exact) mass is 486 g/mol. The van der Waals surface area contributed by atoms with Crippen molar-refractivity contribution < 1.29 is 34.8 Å². The summed E-state index contributed by atoms with van der Waals surface area (Å²) >= 11 is 0. The number of fused-ring (bicyclic) bond motifs is 5. The highest BCUT2D eigenvalue weighted by Crippen LogP contribution is 2.70. The van der Waals surface area contributed by atoms with Gasteiger partial charge in [0.05, 0.1) is 17.1 Å². The molecule has 7 nitrogen and oxygen atoms in total. The van der Waals surface area contributed by atoms with Gasteiger partial charge in [-0.1, -0.05) is 30.2 Å². The summed E-state index contributed by atoms with van der Waals surface area (Å²) in [5.74, 6) is -1.49. The number of hydrogen-bond acceptors (Lipinski definition) is 7. The van der Waals surface area contributed by atoms with Crippen molar-refractivity contribution >= 4 is 11.8 Å². The lowest BCUT2D eigenvalue weighted by atomic mass is 9.44. The first-order chi connectivity index (χ1) is 16.1. The second-order valence-electron chi connectivity index (χ2n) is 12.3. The van der Waals surface area contributed by atoms with Crippen molar-refractivity contribution in [3.63, 3.8) is 0 Å². The molecule has 9 atom stereocenters. The molecule has 192 valence electrons. The second-order valence-corrected chi connectivity index (χ2v) is 12.3. The first kappa shape index (κ1) is 24.9. The van der Waals surface area contributed by atoms with Gasteiger partial charge < -0.3 is 25.2 Å². The number of aliphatic hydroxyl groups is 4. The third-order valence-corrected chi connectivity index (χ3v) is 11.1. The third kappa shape index (κ3) is 2.81. The van der Waals surface area contributed by atoms with E-state index in [9.17, 15) is 30.0 Å². The Kier molecular flexibility index (Phi) is 5.24. The summed E-state index contributed by atoms with van der Waals surface area (Å²) in [7, 11) is 0. The van der Waals surface area contributed by atoms with Crippen molar-refractivity contribution in [1.29, 1.82) is 0 Å². The lowest BCUT2D eigenvalue weighted by molar-refractivity contribution is -0.284. The van der Waals surface area contributed by atoms with Crippen LogP contribution in [-0.4, -0.2) is 61.2 Å². The van der Waals surface area contributed by atoms with Gasteiger partial charge in [0, 0.05) is 23.3 Å². The van der Waals surface area contributed by atoms with Crippen LogP contribution >= 0.6 is 0 Å². The SMILES string of the molecule is CC1=C(C)C(=O)O[C@@H]([C@](C)(O)[C@]2(O)CC[C@@]3(O)[C@@H]4[C@@H](O)C=C5CC=CC(=O)[C@]5(C)[C@H]4CC[C@]23C)C1. The van der Waals surface area contributed by atoms with Crippen LogP contribution in [0.5, 0.6) is 0 Å². The maximum atomic E-state index is 13.1. The molecule has 0 amide bonds. The Balaban J connectivity index is 1.56. The number of esters is 1. The number of aliphatic hydroxyl groups excluding tert-OH is 1. The lowest BCUT2D eigenvalue weighted by Crippen LogP contribution is -2.73. The Bertz CT molecular complexity index is 1080. The zero-order valence-electron chi connectivity index (χ0n) is 21.3. The second kappa shape index (κ2) is 7.37. The van der Waals surface area contributed by atoms with Gasteiger partial charge in [-0.25, -0.2) is 4.79 Å². The summed E-state index contributed by atoms with van der Waals surface area (Å²) in [5.41, 5.74) is -4.96. The molecule has 5 rings (SSSR count). The molecule has 0 bridgehead atoms. The van der Waals surface area contributed by atoms with Crippen molar-refractivity contribution in [1.82, 2.24) is 0 Å². The first-order valence-electron chi connectivity index (χ1n) is 12.8. The molecule has 0 radical (unpaired) electrons. The third-order valence-electron chi connectivity index (χ3n) is 11.1. The molecule has 1 heterocycles. The minimum absolute atomic E-state index is 0.0175. The van der Waals surface area contributed by atoms with Crippen LogP contribution in [0.2, 0.25) is 0 Å². The van der Waals surface area contributed by atoms with Crippen LogP contribution in [-0.2, 0) is 14.3 Å². The van der Waals surface area contributed by atoms with Crippen molar-refractivity contribution in [2.24, 2.45) is 22.7 Å². The molecule has 5 aliphatic rings. The van der Waals surface area contributed by atoms with E-state index in [1.54, 1.807) is 26.0 Å². The molecule has 0 aromatic carbocycles. The number of rotatable bonds is 2. The maximum absolute atomic E-state index is 13.1. The van der Waals surface area contributed by atoms with Gasteiger partial charge in [0.1, 0.15) is 17.3 Å². The number of ether oxygens (including phenoxy) is 1. The van der Waals surface area contributed by atoms with Crippen molar-refractivity contribution in [3.05, 3.63) is 34.9 Å². The predicted octanol–water partition coefficient (Wildman–Crippen LogP) is 2.51. The standard InChI is InChI=1S/C28H38O7/c1-15-13-21(35-23(31)16(15)2)26(5,32)28(34)12-11-27(33)22-18(9-10-24(27,28)3)25(4)17(14-19(22)29)7-6-8-20(25)30/h6,8,14,18-19,21-22,29,32-34H,7,9-13H2,1-5H3/t18-,19-,21+,22-,24-,25-,26-,27+,28-/m0/s1. The smallest absolute Gasteiger partial charge is 0.334 e. The molecule has 0 spiro atoms. The van der Waals surface area contributed by atoms with Gasteiger partial charge in [-0.15, -0.1) is 0 Å². The number of carbonyl (C=O) groups excluding carboxylic acids is 2. The average molecular weight is 487 g/mol. The molecule has 2 fully saturated rings. The molecule has 35 heavy (non-hydrogen) atoms. The van der Waals surface area contributed by atoms with E-state index in [1.165, 1.54) is 6.92 Å². The fourth-order valence-corrected chi connectivity index (χ4v) is 8.43. The molecular weight excluding hydrogens is 448 g/mol. The summed E-state index contributed by atoms with van der Waals surface area (Å²) in [6.45, 7) is 8.69. The van der Waals surface area contributed by atoms with Crippen molar-refractivity contribution in [2.45, 2.75) is 102 Å². The molecule has 0 aromatic rings. The molecule has 7 heteroatoms. The van der Waals surface area contributed by atoms with Crippen LogP contribution in [0.25, 0.3) is 0 Å². The van der Waals surface area contributed by atoms with Crippen LogP contribution in [0.3, 0.4) is 0 Å². The summed E-state index contributed by atoms with van der Waals surface area (Å²) in [5, 5.41) is 47.8. The summed E-state index contributed by atoms with van der Waals surface area (Å²) < 4.78 is 5.60. The van der Waals surface area contributed by atoms with Crippen molar-refractivity contribution in [3.8, 4) is 0 Å². The molecule has 2 saturated carbocycles. The quantitative estimate of drug-likeness (QED) is 0.349. The Morgan fingerprint density at radius 2 is 1.80 bits per heavy atom. The first-order valence-corrected chi connectivity index (χ1v) is 12.8. The normalized spacial score (nSPS) is 49.0. The largest absolute Gasteiger partial charge is 0.455 e. The van der Waals surface area contributed by atoms with Gasteiger partial charge >= 0.3 is 5.97 Å². The van der Waals surface area contributed by atoms with Gasteiger partial charge in [-0.2, -0.15) is 0 Å². The fraction of sp³-hybridized carbons (Fsp3) is 0.714. The molecule has 0 saturated heterocycles. The van der Waals surface area contributed by atoms with E-state index in [4.69, 9.17) is 4.74 Å². The van der Waals surface area contributed by atoms with E-state index in [2.05, 4.69) is 0 Å². The average Bonchev–Trinajstić information content (AvgIpc) is 3.01. The highest BCUT2D eigenvalue weighted by molar-refractivity contribution is 5.98. The Morgan fingerprint density at radius 1 is 1.11 bits per heavy atom. The Labute approximate surface area is 206 Å². The maximum Gasteiger partial charge on any atom is 0.334 e. The van der Waals surface area contributed by atoms with Crippen molar-refractivity contribution in [2.75, 3.05) is 0 Å². The number of cyclic esters (lactones) is 1.